The monoisotopic (exact) mass is 523 g/mol. The summed E-state index contributed by atoms with van der Waals surface area (Å²) in [5.41, 5.74) is 1.45. The molecule has 0 unspecified atom stereocenters. The van der Waals surface area contributed by atoms with E-state index in [0.29, 0.717) is 29.6 Å². The Balaban J connectivity index is 0.00000420. The summed E-state index contributed by atoms with van der Waals surface area (Å²) in [4.78, 5) is 4.15. The van der Waals surface area contributed by atoms with Gasteiger partial charge in [-0.1, -0.05) is 6.07 Å². The molecule has 0 spiro atoms. The number of guanidine groups is 1. The minimum atomic E-state index is -2.93. The van der Waals surface area contributed by atoms with E-state index in [9.17, 15) is 8.78 Å². The molecular weight excluding hydrogens is 499 g/mol. The smallest absolute Gasteiger partial charge is 0.387 e. The molecule has 0 aromatic heterocycles. The number of hydrogen-bond donors (Lipinski definition) is 2. The molecule has 0 heterocycles. The normalized spacial score (nSPS) is 10.8. The molecule has 2 aromatic carbocycles. The van der Waals surface area contributed by atoms with E-state index < -0.39 is 6.61 Å². The quantitative estimate of drug-likeness (QED) is 0.308. The van der Waals surface area contributed by atoms with E-state index in [2.05, 4.69) is 20.4 Å². The van der Waals surface area contributed by atoms with Gasteiger partial charge in [-0.05, 0) is 29.8 Å². The fourth-order valence-electron chi connectivity index (χ4n) is 2.43. The van der Waals surface area contributed by atoms with Crippen LogP contribution in [0, 0.1) is 0 Å². The maximum Gasteiger partial charge on any atom is 0.387 e. The summed E-state index contributed by atoms with van der Waals surface area (Å²) in [6.45, 7) is -2.60. The lowest BCUT2D eigenvalue weighted by atomic mass is 10.2. The van der Waals surface area contributed by atoms with E-state index in [-0.39, 0.29) is 35.5 Å². The van der Waals surface area contributed by atoms with Crippen LogP contribution in [0.2, 0.25) is 0 Å². The number of rotatable bonds is 8. The van der Waals surface area contributed by atoms with Gasteiger partial charge in [0, 0.05) is 25.3 Å². The van der Waals surface area contributed by atoms with E-state index in [1.165, 1.54) is 13.2 Å². The molecule has 0 aliphatic carbocycles. The van der Waals surface area contributed by atoms with Crippen molar-refractivity contribution in [2.45, 2.75) is 13.2 Å². The molecule has 0 atom stereocenters. The number of ether oxygens (including phenoxy) is 4. The number of halogens is 3. The predicted molar refractivity (Wildman–Crippen MR) is 118 cm³/mol. The van der Waals surface area contributed by atoms with E-state index in [0.717, 1.165) is 5.69 Å². The SMILES string of the molecule is CN=C(NCc1ccc(OC)c(OC(F)F)c1)Nc1ccc(OC)c(OC)c1.I. The van der Waals surface area contributed by atoms with E-state index in [4.69, 9.17) is 14.2 Å². The second kappa shape index (κ2) is 12.1. The molecule has 2 aromatic rings. The summed E-state index contributed by atoms with van der Waals surface area (Å²) in [6, 6.07) is 10.2. The molecule has 0 aliphatic heterocycles. The highest BCUT2D eigenvalue weighted by molar-refractivity contribution is 14.0. The lowest BCUT2D eigenvalue weighted by Crippen LogP contribution is -2.30. The van der Waals surface area contributed by atoms with Gasteiger partial charge in [-0.25, -0.2) is 0 Å². The highest BCUT2D eigenvalue weighted by Crippen LogP contribution is 2.30. The Morgan fingerprint density at radius 2 is 1.55 bits per heavy atom. The minimum absolute atomic E-state index is 0. The molecule has 0 saturated heterocycles. The third-order valence-corrected chi connectivity index (χ3v) is 3.77. The highest BCUT2D eigenvalue weighted by atomic mass is 127. The summed E-state index contributed by atoms with van der Waals surface area (Å²) in [5, 5.41) is 6.22. The maximum atomic E-state index is 12.6. The van der Waals surface area contributed by atoms with Crippen LogP contribution in [0.1, 0.15) is 5.56 Å². The van der Waals surface area contributed by atoms with Crippen LogP contribution < -0.4 is 29.6 Å². The van der Waals surface area contributed by atoms with Crippen molar-refractivity contribution < 1.29 is 27.7 Å². The van der Waals surface area contributed by atoms with Crippen LogP contribution in [0.3, 0.4) is 0 Å². The van der Waals surface area contributed by atoms with Crippen molar-refractivity contribution in [3.05, 3.63) is 42.0 Å². The average Bonchev–Trinajstić information content (AvgIpc) is 2.70. The van der Waals surface area contributed by atoms with Crippen molar-refractivity contribution in [3.8, 4) is 23.0 Å². The fraction of sp³-hybridized carbons (Fsp3) is 0.316. The van der Waals surface area contributed by atoms with Gasteiger partial charge in [-0.15, -0.1) is 24.0 Å². The largest absolute Gasteiger partial charge is 0.493 e. The van der Waals surface area contributed by atoms with Crippen LogP contribution >= 0.6 is 24.0 Å². The van der Waals surface area contributed by atoms with Gasteiger partial charge in [0.15, 0.2) is 29.0 Å². The van der Waals surface area contributed by atoms with Crippen LogP contribution in [0.15, 0.2) is 41.4 Å². The third-order valence-electron chi connectivity index (χ3n) is 3.77. The first-order chi connectivity index (χ1) is 13.5. The zero-order valence-electron chi connectivity index (χ0n) is 16.5. The second-order valence-electron chi connectivity index (χ2n) is 5.48. The number of methoxy groups -OCH3 is 3. The van der Waals surface area contributed by atoms with Crippen molar-refractivity contribution in [1.82, 2.24) is 5.32 Å². The van der Waals surface area contributed by atoms with Crippen molar-refractivity contribution in [1.29, 1.82) is 0 Å². The van der Waals surface area contributed by atoms with Crippen molar-refractivity contribution in [2.75, 3.05) is 33.7 Å². The first-order valence-corrected chi connectivity index (χ1v) is 8.32. The Bertz CT molecular complexity index is 822. The summed E-state index contributed by atoms with van der Waals surface area (Å²) >= 11 is 0. The zero-order chi connectivity index (χ0) is 20.5. The first kappa shape index (κ1) is 24.5. The van der Waals surface area contributed by atoms with Gasteiger partial charge >= 0.3 is 6.61 Å². The highest BCUT2D eigenvalue weighted by Gasteiger charge is 2.12. The number of anilines is 1. The van der Waals surface area contributed by atoms with Gasteiger partial charge in [-0.3, -0.25) is 4.99 Å². The lowest BCUT2D eigenvalue weighted by Gasteiger charge is -2.15. The number of nitrogens with zero attached hydrogens (tertiary/aromatic N) is 1. The second-order valence-corrected chi connectivity index (χ2v) is 5.48. The van der Waals surface area contributed by atoms with E-state index in [1.807, 2.05) is 6.07 Å². The summed E-state index contributed by atoms with van der Waals surface area (Å²) in [6.07, 6.45) is 0. The van der Waals surface area contributed by atoms with Gasteiger partial charge in [-0.2, -0.15) is 8.78 Å². The van der Waals surface area contributed by atoms with Crippen molar-refractivity contribution in [3.63, 3.8) is 0 Å². The Morgan fingerprint density at radius 3 is 2.14 bits per heavy atom. The van der Waals surface area contributed by atoms with Crippen LogP contribution in [0.4, 0.5) is 14.5 Å². The van der Waals surface area contributed by atoms with Crippen LogP contribution in [-0.4, -0.2) is 40.9 Å². The summed E-state index contributed by atoms with van der Waals surface area (Å²) < 4.78 is 45.1. The van der Waals surface area contributed by atoms with Crippen molar-refractivity contribution >= 4 is 35.6 Å². The Labute approximate surface area is 185 Å². The average molecular weight is 523 g/mol. The number of hydrogen-bond acceptors (Lipinski definition) is 5. The number of alkyl halides is 2. The predicted octanol–water partition coefficient (Wildman–Crippen LogP) is 4.12. The number of benzene rings is 2. The third kappa shape index (κ3) is 7.11. The Morgan fingerprint density at radius 1 is 0.931 bits per heavy atom. The molecule has 0 amide bonds. The summed E-state index contributed by atoms with van der Waals surface area (Å²) in [7, 11) is 6.12. The van der Waals surface area contributed by atoms with Gasteiger partial charge in [0.05, 0.1) is 21.3 Å². The first-order valence-electron chi connectivity index (χ1n) is 8.32. The Kier molecular flexibility index (Phi) is 10.3. The van der Waals surface area contributed by atoms with Gasteiger partial charge < -0.3 is 29.6 Å². The number of aliphatic imine (C=N–C) groups is 1. The molecule has 0 radical (unpaired) electrons. The van der Waals surface area contributed by atoms with Crippen LogP contribution in [0.25, 0.3) is 0 Å². The fourth-order valence-corrected chi connectivity index (χ4v) is 2.43. The molecule has 7 nitrogen and oxygen atoms in total. The van der Waals surface area contributed by atoms with Crippen LogP contribution in [-0.2, 0) is 6.54 Å². The lowest BCUT2D eigenvalue weighted by molar-refractivity contribution is -0.0512. The van der Waals surface area contributed by atoms with E-state index in [1.54, 1.807) is 45.5 Å². The maximum absolute atomic E-state index is 12.6. The number of nitrogens with one attached hydrogen (secondary N) is 2. The standard InChI is InChI=1S/C19H23F2N3O4.HI/c1-22-19(24-13-6-8-14(25-2)16(10-13)27-4)23-11-12-5-7-15(26-3)17(9-12)28-18(20)21;/h5-10,18H,11H2,1-4H3,(H2,22,23,24);1H. The summed E-state index contributed by atoms with van der Waals surface area (Å²) in [5.74, 6) is 1.88. The van der Waals surface area contributed by atoms with Crippen LogP contribution in [0.5, 0.6) is 23.0 Å². The molecule has 160 valence electrons. The topological polar surface area (TPSA) is 73.3 Å². The van der Waals surface area contributed by atoms with Gasteiger partial charge in [0.1, 0.15) is 0 Å². The molecule has 0 fully saturated rings. The zero-order valence-corrected chi connectivity index (χ0v) is 18.8. The Hall–Kier alpha value is -2.50. The molecule has 2 rings (SSSR count). The minimum Gasteiger partial charge on any atom is -0.493 e. The molecule has 0 aliphatic rings. The molecule has 29 heavy (non-hydrogen) atoms. The molecule has 0 saturated carbocycles. The molecule has 10 heteroatoms. The molecular formula is C19H24F2IN3O4. The molecule has 0 bridgehead atoms. The van der Waals surface area contributed by atoms with E-state index >= 15 is 0 Å². The molecule has 2 N–H and O–H groups in total. The van der Waals surface area contributed by atoms with Gasteiger partial charge in [0.2, 0.25) is 0 Å². The van der Waals surface area contributed by atoms with Crippen molar-refractivity contribution in [2.24, 2.45) is 4.99 Å². The van der Waals surface area contributed by atoms with Gasteiger partial charge in [0.25, 0.3) is 0 Å².